The zero-order chi connectivity index (χ0) is 13.8. The van der Waals surface area contributed by atoms with Crippen LogP contribution in [0.2, 0.25) is 0 Å². The number of ketones is 1. The van der Waals surface area contributed by atoms with Crippen molar-refractivity contribution < 1.29 is 18.7 Å². The van der Waals surface area contributed by atoms with Gasteiger partial charge in [-0.15, -0.1) is 0 Å². The number of rotatable bonds is 3. The average Bonchev–Trinajstić information content (AvgIpc) is 2.23. The maximum absolute atomic E-state index is 12.9. The highest BCUT2D eigenvalue weighted by molar-refractivity contribution is 5.98. The lowest BCUT2D eigenvalue weighted by atomic mass is 10.1. The third-order valence-electron chi connectivity index (χ3n) is 1.94. The molecule has 0 atom stereocenters. The average molecular weight is 253 g/mol. The second kappa shape index (κ2) is 5.62. The van der Waals surface area contributed by atoms with Crippen molar-refractivity contribution in [2.24, 2.45) is 0 Å². The molecule has 0 saturated carbocycles. The lowest BCUT2D eigenvalue weighted by molar-refractivity contribution is 0.0520. The van der Waals surface area contributed by atoms with Gasteiger partial charge in [0, 0.05) is 5.56 Å². The summed E-state index contributed by atoms with van der Waals surface area (Å²) in [4.78, 5) is 22.9. The van der Waals surface area contributed by atoms with E-state index in [-0.39, 0.29) is 17.9 Å². The molecule has 0 radical (unpaired) electrons. The van der Waals surface area contributed by atoms with Crippen LogP contribution in [-0.2, 0) is 4.74 Å². The summed E-state index contributed by atoms with van der Waals surface area (Å²) in [7, 11) is 0. The van der Waals surface area contributed by atoms with Crippen LogP contribution in [0.5, 0.6) is 0 Å². The Hall–Kier alpha value is -1.91. The Labute approximate surface area is 105 Å². The Morgan fingerprint density at radius 2 is 2.00 bits per heavy atom. The first kappa shape index (κ1) is 14.2. The fourth-order valence-electron chi connectivity index (χ4n) is 1.23. The largest absolute Gasteiger partial charge is 0.444 e. The van der Waals surface area contributed by atoms with Crippen LogP contribution < -0.4 is 5.32 Å². The molecular formula is C13H16FNO3. The molecule has 4 nitrogen and oxygen atoms in total. The van der Waals surface area contributed by atoms with Gasteiger partial charge in [0.15, 0.2) is 5.78 Å². The fraction of sp³-hybridized carbons (Fsp3) is 0.385. The van der Waals surface area contributed by atoms with Crippen LogP contribution >= 0.6 is 0 Å². The number of ether oxygens (including phenoxy) is 1. The topological polar surface area (TPSA) is 55.4 Å². The van der Waals surface area contributed by atoms with Gasteiger partial charge in [0.25, 0.3) is 0 Å². The van der Waals surface area contributed by atoms with E-state index < -0.39 is 17.5 Å². The fourth-order valence-corrected chi connectivity index (χ4v) is 1.23. The first-order valence-corrected chi connectivity index (χ1v) is 5.53. The number of carbonyl (C=O) groups excluding carboxylic acids is 2. The number of benzene rings is 1. The number of Topliss-reactive ketones (excluding diaryl/α,β-unsaturated/α-hetero) is 1. The smallest absolute Gasteiger partial charge is 0.408 e. The summed E-state index contributed by atoms with van der Waals surface area (Å²) < 4.78 is 17.9. The van der Waals surface area contributed by atoms with Gasteiger partial charge in [-0.2, -0.15) is 0 Å². The van der Waals surface area contributed by atoms with Crippen molar-refractivity contribution in [3.8, 4) is 0 Å². The van der Waals surface area contributed by atoms with Gasteiger partial charge in [0.1, 0.15) is 11.4 Å². The van der Waals surface area contributed by atoms with Gasteiger partial charge in [0.05, 0.1) is 6.54 Å². The van der Waals surface area contributed by atoms with E-state index in [4.69, 9.17) is 4.74 Å². The van der Waals surface area contributed by atoms with Crippen molar-refractivity contribution in [2.45, 2.75) is 26.4 Å². The van der Waals surface area contributed by atoms with Crippen LogP contribution in [0.4, 0.5) is 9.18 Å². The molecule has 1 N–H and O–H groups in total. The van der Waals surface area contributed by atoms with E-state index in [9.17, 15) is 14.0 Å². The number of hydrogen-bond donors (Lipinski definition) is 1. The van der Waals surface area contributed by atoms with Crippen LogP contribution in [0.25, 0.3) is 0 Å². The van der Waals surface area contributed by atoms with Crippen LogP contribution in [-0.4, -0.2) is 24.0 Å². The SMILES string of the molecule is CC(C)(C)OC(=O)NCC(=O)c1cccc(F)c1. The third kappa shape index (κ3) is 4.95. The van der Waals surface area contributed by atoms with Gasteiger partial charge in [-0.05, 0) is 32.9 Å². The van der Waals surface area contributed by atoms with Gasteiger partial charge >= 0.3 is 6.09 Å². The third-order valence-corrected chi connectivity index (χ3v) is 1.94. The number of carbonyl (C=O) groups is 2. The molecule has 0 fully saturated rings. The number of nitrogens with one attached hydrogen (secondary N) is 1. The summed E-state index contributed by atoms with van der Waals surface area (Å²) in [6.07, 6.45) is -0.674. The lowest BCUT2D eigenvalue weighted by Crippen LogP contribution is -2.35. The van der Waals surface area contributed by atoms with Crippen molar-refractivity contribution in [2.75, 3.05) is 6.54 Å². The van der Waals surface area contributed by atoms with Crippen LogP contribution in [0, 0.1) is 5.82 Å². The molecule has 0 aliphatic carbocycles. The maximum Gasteiger partial charge on any atom is 0.408 e. The summed E-state index contributed by atoms with van der Waals surface area (Å²) in [6, 6.07) is 5.30. The number of alkyl carbamates (subject to hydrolysis) is 1. The normalized spacial score (nSPS) is 10.9. The zero-order valence-electron chi connectivity index (χ0n) is 10.6. The molecule has 18 heavy (non-hydrogen) atoms. The second-order valence-corrected chi connectivity index (χ2v) is 4.79. The Morgan fingerprint density at radius 3 is 2.56 bits per heavy atom. The van der Waals surface area contributed by atoms with E-state index in [0.717, 1.165) is 6.07 Å². The Morgan fingerprint density at radius 1 is 1.33 bits per heavy atom. The van der Waals surface area contributed by atoms with Gasteiger partial charge < -0.3 is 10.1 Å². The van der Waals surface area contributed by atoms with E-state index in [1.54, 1.807) is 20.8 Å². The van der Waals surface area contributed by atoms with Crippen molar-refractivity contribution in [1.29, 1.82) is 0 Å². The van der Waals surface area contributed by atoms with E-state index >= 15 is 0 Å². The second-order valence-electron chi connectivity index (χ2n) is 4.79. The molecule has 0 aromatic heterocycles. The molecule has 0 heterocycles. The van der Waals surface area contributed by atoms with E-state index in [0.29, 0.717) is 0 Å². The summed E-state index contributed by atoms with van der Waals surface area (Å²) >= 11 is 0. The summed E-state index contributed by atoms with van der Waals surface area (Å²) in [5, 5.41) is 2.32. The van der Waals surface area contributed by atoms with Gasteiger partial charge in [-0.3, -0.25) is 4.79 Å². The molecule has 1 aromatic carbocycles. The molecular weight excluding hydrogens is 237 g/mol. The highest BCUT2D eigenvalue weighted by Crippen LogP contribution is 2.07. The number of amides is 1. The molecule has 0 bridgehead atoms. The van der Waals surface area contributed by atoms with E-state index in [1.165, 1.54) is 18.2 Å². The van der Waals surface area contributed by atoms with Crippen LogP contribution in [0.3, 0.4) is 0 Å². The quantitative estimate of drug-likeness (QED) is 0.842. The number of hydrogen-bond acceptors (Lipinski definition) is 3. The summed E-state index contributed by atoms with van der Waals surface area (Å²) in [6.45, 7) is 4.95. The summed E-state index contributed by atoms with van der Waals surface area (Å²) in [5.74, 6) is -0.863. The molecule has 0 aliphatic heterocycles. The molecule has 5 heteroatoms. The standard InChI is InChI=1S/C13H16FNO3/c1-13(2,3)18-12(17)15-8-11(16)9-5-4-6-10(14)7-9/h4-7H,8H2,1-3H3,(H,15,17). The highest BCUT2D eigenvalue weighted by Gasteiger charge is 2.17. The zero-order valence-corrected chi connectivity index (χ0v) is 10.6. The molecule has 1 rings (SSSR count). The van der Waals surface area contributed by atoms with Crippen molar-refractivity contribution in [1.82, 2.24) is 5.32 Å². The van der Waals surface area contributed by atoms with Crippen molar-refractivity contribution in [3.05, 3.63) is 35.6 Å². The van der Waals surface area contributed by atoms with E-state index in [1.807, 2.05) is 0 Å². The monoisotopic (exact) mass is 253 g/mol. The number of halogens is 1. The predicted octanol–water partition coefficient (Wildman–Crippen LogP) is 2.53. The minimum Gasteiger partial charge on any atom is -0.444 e. The molecule has 0 saturated heterocycles. The first-order valence-electron chi connectivity index (χ1n) is 5.53. The minimum absolute atomic E-state index is 0.214. The van der Waals surface area contributed by atoms with E-state index in [2.05, 4.69) is 5.32 Å². The van der Waals surface area contributed by atoms with Crippen molar-refractivity contribution in [3.63, 3.8) is 0 Å². The van der Waals surface area contributed by atoms with Gasteiger partial charge in [-0.25, -0.2) is 9.18 Å². The van der Waals surface area contributed by atoms with Crippen molar-refractivity contribution >= 4 is 11.9 Å². The molecule has 1 amide bonds. The van der Waals surface area contributed by atoms with Crippen LogP contribution in [0.1, 0.15) is 31.1 Å². The molecule has 1 aromatic rings. The maximum atomic E-state index is 12.9. The molecule has 0 unspecified atom stereocenters. The molecule has 0 aliphatic rings. The highest BCUT2D eigenvalue weighted by atomic mass is 19.1. The predicted molar refractivity (Wildman–Crippen MR) is 65.0 cm³/mol. The van der Waals surface area contributed by atoms with Gasteiger partial charge in [-0.1, -0.05) is 12.1 Å². The minimum atomic E-state index is -0.674. The van der Waals surface area contributed by atoms with Crippen LogP contribution in [0.15, 0.2) is 24.3 Å². The Bertz CT molecular complexity index is 452. The van der Waals surface area contributed by atoms with Gasteiger partial charge in [0.2, 0.25) is 0 Å². The molecule has 0 spiro atoms. The first-order chi connectivity index (χ1) is 8.28. The Balaban J connectivity index is 2.49. The Kier molecular flexibility index (Phi) is 4.42. The summed E-state index contributed by atoms with van der Waals surface area (Å²) in [5.41, 5.74) is -0.405. The lowest BCUT2D eigenvalue weighted by Gasteiger charge is -2.19. The molecule has 98 valence electrons.